The molecule has 3 saturated heterocycles. The van der Waals surface area contributed by atoms with Gasteiger partial charge in [0.2, 0.25) is 11.8 Å². The van der Waals surface area contributed by atoms with Crippen molar-refractivity contribution in [3.63, 3.8) is 0 Å². The smallest absolute Gasteiger partial charge is 0.251 e. The zero-order chi connectivity index (χ0) is 32.2. The van der Waals surface area contributed by atoms with Crippen LogP contribution in [0, 0.1) is 17.8 Å². The highest BCUT2D eigenvalue weighted by molar-refractivity contribution is 8.02. The van der Waals surface area contributed by atoms with E-state index in [0.29, 0.717) is 25.9 Å². The Labute approximate surface area is 268 Å². The van der Waals surface area contributed by atoms with Crippen molar-refractivity contribution in [2.45, 2.75) is 82.4 Å². The number of carbonyl (C=O) groups is 3. The summed E-state index contributed by atoms with van der Waals surface area (Å²) in [5.74, 6) is -1.24. The maximum Gasteiger partial charge on any atom is 0.251 e. The first kappa shape index (κ1) is 34.1. The molecule has 8 nitrogen and oxygen atoms in total. The Morgan fingerprint density at radius 2 is 1.70 bits per heavy atom. The largest absolute Gasteiger partial charge is 0.394 e. The van der Waals surface area contributed by atoms with Crippen LogP contribution in [-0.4, -0.2) is 94.0 Å². The number of hydrogen-bond acceptors (Lipinski definition) is 6. The molecule has 3 amide bonds. The number of benzene rings is 1. The second-order valence-corrected chi connectivity index (χ2v) is 14.4. The second-order valence-electron chi connectivity index (χ2n) is 12.8. The minimum absolute atomic E-state index is 0.0167. The van der Waals surface area contributed by atoms with Gasteiger partial charge in [0.15, 0.2) is 0 Å². The molecule has 4 rings (SSSR count). The standard InChI is InChI=1S/C35H52N4O4S/c1-8-19-37(20-9-2)32(41)29-28-17-18-35(44-28)30(29)33(42)39(27(23-40)22-24(6)7)31(35)34(43)38(21-10-3)26-15-13-25(14-16-26)36(11-4)12-5/h8,10,13-16,24,27-31,40H,1,3,9,11-12,17-23H2,2,4-7H3/t27-,28-,29+,30+,31?,35?/m1/s1. The Kier molecular flexibility index (Phi) is 11.3. The predicted molar refractivity (Wildman–Crippen MR) is 181 cm³/mol. The van der Waals surface area contributed by atoms with Gasteiger partial charge >= 0.3 is 0 Å². The Hall–Kier alpha value is -2.78. The van der Waals surface area contributed by atoms with Crippen LogP contribution >= 0.6 is 11.8 Å². The van der Waals surface area contributed by atoms with E-state index >= 15 is 0 Å². The quantitative estimate of drug-likeness (QED) is 0.262. The van der Waals surface area contributed by atoms with Gasteiger partial charge in [0.25, 0.3) is 5.91 Å². The van der Waals surface area contributed by atoms with Crippen LogP contribution in [-0.2, 0) is 14.4 Å². The molecule has 1 N–H and O–H groups in total. The molecule has 1 aromatic rings. The van der Waals surface area contributed by atoms with E-state index in [1.54, 1.807) is 33.7 Å². The highest BCUT2D eigenvalue weighted by Crippen LogP contribution is 2.67. The fourth-order valence-electron chi connectivity index (χ4n) is 7.83. The van der Waals surface area contributed by atoms with Crippen LogP contribution in [0.15, 0.2) is 49.6 Å². The molecule has 1 aromatic carbocycles. The third-order valence-electron chi connectivity index (χ3n) is 9.63. The minimum Gasteiger partial charge on any atom is -0.394 e. The van der Waals surface area contributed by atoms with Crippen LogP contribution < -0.4 is 9.80 Å². The lowest BCUT2D eigenvalue weighted by Crippen LogP contribution is -2.58. The number of aliphatic hydroxyl groups excluding tert-OH is 1. The molecule has 0 aliphatic carbocycles. The molecule has 3 aliphatic heterocycles. The topological polar surface area (TPSA) is 84.4 Å². The molecule has 3 heterocycles. The first-order chi connectivity index (χ1) is 21.1. The highest BCUT2D eigenvalue weighted by atomic mass is 32.2. The summed E-state index contributed by atoms with van der Waals surface area (Å²) < 4.78 is -0.726. The number of likely N-dealkylation sites (tertiary alicyclic amines) is 1. The van der Waals surface area contributed by atoms with E-state index in [1.165, 1.54) is 0 Å². The lowest BCUT2D eigenvalue weighted by Gasteiger charge is -2.40. The van der Waals surface area contributed by atoms with E-state index < -0.39 is 28.7 Å². The fraction of sp³-hybridized carbons (Fsp3) is 0.629. The second kappa shape index (κ2) is 14.5. The van der Waals surface area contributed by atoms with E-state index in [4.69, 9.17) is 0 Å². The van der Waals surface area contributed by atoms with Crippen LogP contribution in [0.2, 0.25) is 0 Å². The van der Waals surface area contributed by atoms with Crippen molar-refractivity contribution in [2.75, 3.05) is 49.1 Å². The molecule has 0 saturated carbocycles. The Balaban J connectivity index is 1.79. The molecule has 2 bridgehead atoms. The summed E-state index contributed by atoms with van der Waals surface area (Å²) in [6, 6.07) is 6.70. The van der Waals surface area contributed by atoms with Crippen molar-refractivity contribution in [1.29, 1.82) is 0 Å². The number of nitrogens with zero attached hydrogens (tertiary/aromatic N) is 4. The molecule has 3 fully saturated rings. The average Bonchev–Trinajstić information content (AvgIpc) is 3.66. The minimum atomic E-state index is -0.787. The van der Waals surface area contributed by atoms with E-state index in [1.807, 2.05) is 36.1 Å². The summed E-state index contributed by atoms with van der Waals surface area (Å²) >= 11 is 1.68. The molecule has 6 atom stereocenters. The Morgan fingerprint density at radius 1 is 1.07 bits per heavy atom. The van der Waals surface area contributed by atoms with Gasteiger partial charge in [0, 0.05) is 49.3 Å². The summed E-state index contributed by atoms with van der Waals surface area (Å²) in [6.45, 7) is 21.1. The molecule has 2 unspecified atom stereocenters. The first-order valence-corrected chi connectivity index (χ1v) is 17.3. The highest BCUT2D eigenvalue weighted by Gasteiger charge is 2.74. The van der Waals surface area contributed by atoms with Crippen molar-refractivity contribution < 1.29 is 19.5 Å². The molecular weight excluding hydrogens is 572 g/mol. The average molecular weight is 625 g/mol. The predicted octanol–water partition coefficient (Wildman–Crippen LogP) is 4.97. The zero-order valence-electron chi connectivity index (χ0n) is 27.3. The summed E-state index contributed by atoms with van der Waals surface area (Å²) in [4.78, 5) is 51.2. The van der Waals surface area contributed by atoms with E-state index in [-0.39, 0.29) is 42.0 Å². The third kappa shape index (κ3) is 6.06. The van der Waals surface area contributed by atoms with E-state index in [0.717, 1.165) is 37.3 Å². The lowest BCUT2D eigenvalue weighted by atomic mass is 9.70. The Bertz CT molecular complexity index is 1200. The summed E-state index contributed by atoms with van der Waals surface area (Å²) in [6.07, 6.45) is 6.30. The zero-order valence-corrected chi connectivity index (χ0v) is 28.1. The number of hydrogen-bond donors (Lipinski definition) is 1. The maximum absolute atomic E-state index is 14.9. The van der Waals surface area contributed by atoms with Crippen LogP contribution in [0.3, 0.4) is 0 Å². The normalized spacial score (nSPS) is 26.1. The van der Waals surface area contributed by atoms with Gasteiger partial charge in [-0.25, -0.2) is 0 Å². The van der Waals surface area contributed by atoms with Crippen LogP contribution in [0.1, 0.15) is 60.3 Å². The van der Waals surface area contributed by atoms with Crippen molar-refractivity contribution in [3.05, 3.63) is 49.6 Å². The number of thioether (sulfide) groups is 1. The summed E-state index contributed by atoms with van der Waals surface area (Å²) in [7, 11) is 0. The van der Waals surface area contributed by atoms with Gasteiger partial charge in [-0.05, 0) is 69.7 Å². The van der Waals surface area contributed by atoms with Gasteiger partial charge in [0.05, 0.1) is 29.2 Å². The molecule has 9 heteroatoms. The maximum atomic E-state index is 14.9. The number of amides is 3. The molecular formula is C35H52N4O4S. The van der Waals surface area contributed by atoms with E-state index in [9.17, 15) is 19.5 Å². The van der Waals surface area contributed by atoms with Crippen molar-refractivity contribution in [3.8, 4) is 0 Å². The molecule has 1 spiro atoms. The summed E-state index contributed by atoms with van der Waals surface area (Å²) in [5, 5.41) is 10.6. The van der Waals surface area contributed by atoms with Gasteiger partial charge in [-0.3, -0.25) is 14.4 Å². The van der Waals surface area contributed by atoms with Crippen LogP contribution in [0.25, 0.3) is 0 Å². The lowest BCUT2D eigenvalue weighted by molar-refractivity contribution is -0.145. The molecule has 0 radical (unpaired) electrons. The van der Waals surface area contributed by atoms with Gasteiger partial charge in [-0.1, -0.05) is 32.9 Å². The van der Waals surface area contributed by atoms with Crippen LogP contribution in [0.5, 0.6) is 0 Å². The third-order valence-corrected chi connectivity index (χ3v) is 11.6. The van der Waals surface area contributed by atoms with Gasteiger partial charge in [-0.2, -0.15) is 0 Å². The van der Waals surface area contributed by atoms with Crippen LogP contribution in [0.4, 0.5) is 11.4 Å². The Morgan fingerprint density at radius 3 is 2.25 bits per heavy atom. The number of aliphatic hydroxyl groups is 1. The van der Waals surface area contributed by atoms with Crippen molar-refractivity contribution >= 4 is 40.9 Å². The van der Waals surface area contributed by atoms with Gasteiger partial charge in [0.1, 0.15) is 6.04 Å². The molecule has 0 aromatic heterocycles. The van der Waals surface area contributed by atoms with Crippen molar-refractivity contribution in [2.24, 2.45) is 17.8 Å². The van der Waals surface area contributed by atoms with Gasteiger partial charge < -0.3 is 24.7 Å². The molecule has 44 heavy (non-hydrogen) atoms. The first-order valence-electron chi connectivity index (χ1n) is 16.4. The SMILES string of the molecule is C=CCN(CCC)C(=O)[C@@H]1[C@H]2C(=O)N([C@@H](CO)CC(C)C)C(C(=O)N(CC=C)c3ccc(N(CC)CC)cc3)C23CC[C@H]1S3. The number of carbonyl (C=O) groups excluding carboxylic acids is 3. The number of fused-ring (bicyclic) bond motifs is 1. The molecule has 3 aliphatic rings. The monoisotopic (exact) mass is 624 g/mol. The van der Waals surface area contributed by atoms with Crippen molar-refractivity contribution in [1.82, 2.24) is 9.80 Å². The fourth-order valence-corrected chi connectivity index (χ4v) is 10.0. The number of rotatable bonds is 16. The number of anilines is 2. The van der Waals surface area contributed by atoms with Gasteiger partial charge in [-0.15, -0.1) is 24.9 Å². The summed E-state index contributed by atoms with van der Waals surface area (Å²) in [5.41, 5.74) is 1.83. The van der Waals surface area contributed by atoms with E-state index in [2.05, 4.69) is 45.8 Å². The molecule has 242 valence electrons.